The van der Waals surface area contributed by atoms with Crippen LogP contribution in [0.5, 0.6) is 5.75 Å². The van der Waals surface area contributed by atoms with E-state index in [9.17, 15) is 9.59 Å². The quantitative estimate of drug-likeness (QED) is 0.735. The topological polar surface area (TPSA) is 67.9 Å². The summed E-state index contributed by atoms with van der Waals surface area (Å²) in [5, 5.41) is 2.85. The van der Waals surface area contributed by atoms with Gasteiger partial charge < -0.3 is 19.7 Å². The monoisotopic (exact) mass is 370 g/mol. The van der Waals surface area contributed by atoms with E-state index >= 15 is 0 Å². The van der Waals surface area contributed by atoms with Gasteiger partial charge in [-0.3, -0.25) is 9.59 Å². The molecule has 0 aromatic heterocycles. The molecule has 2 aromatic carbocycles. The molecule has 1 N–H and O–H groups in total. The van der Waals surface area contributed by atoms with Crippen molar-refractivity contribution in [3.63, 3.8) is 0 Å². The van der Waals surface area contributed by atoms with Crippen molar-refractivity contribution in [2.75, 3.05) is 32.1 Å². The Morgan fingerprint density at radius 2 is 1.78 bits per heavy atom. The van der Waals surface area contributed by atoms with Crippen molar-refractivity contribution in [3.05, 3.63) is 59.7 Å². The summed E-state index contributed by atoms with van der Waals surface area (Å²) in [6.45, 7) is 5.58. The first-order valence-electron chi connectivity index (χ1n) is 8.97. The Bertz CT molecular complexity index is 772. The van der Waals surface area contributed by atoms with Gasteiger partial charge in [-0.15, -0.1) is 0 Å². The van der Waals surface area contributed by atoms with Crippen LogP contribution in [0.1, 0.15) is 29.8 Å². The molecule has 2 rings (SSSR count). The van der Waals surface area contributed by atoms with Crippen LogP contribution in [0.15, 0.2) is 48.5 Å². The fraction of sp³-hybridized carbons (Fsp3) is 0.333. The summed E-state index contributed by atoms with van der Waals surface area (Å²) >= 11 is 0. The number of rotatable bonds is 9. The Balaban J connectivity index is 1.99. The molecule has 2 amide bonds. The Kier molecular flexibility index (Phi) is 7.82. The number of nitrogens with one attached hydrogen (secondary N) is 1. The van der Waals surface area contributed by atoms with E-state index < -0.39 is 0 Å². The van der Waals surface area contributed by atoms with Gasteiger partial charge in [0, 0.05) is 37.5 Å². The predicted molar refractivity (Wildman–Crippen MR) is 105 cm³/mol. The summed E-state index contributed by atoms with van der Waals surface area (Å²) in [7, 11) is 1.61. The molecule has 0 spiro atoms. The molecule has 0 saturated carbocycles. The third kappa shape index (κ3) is 6.11. The molecule has 0 radical (unpaired) electrons. The third-order valence-corrected chi connectivity index (χ3v) is 4.07. The van der Waals surface area contributed by atoms with Gasteiger partial charge in [0.15, 0.2) is 6.61 Å². The van der Waals surface area contributed by atoms with Gasteiger partial charge in [0.05, 0.1) is 6.61 Å². The van der Waals surface area contributed by atoms with E-state index in [-0.39, 0.29) is 18.4 Å². The van der Waals surface area contributed by atoms with E-state index in [0.717, 1.165) is 5.56 Å². The fourth-order valence-corrected chi connectivity index (χ4v) is 2.65. The van der Waals surface area contributed by atoms with Gasteiger partial charge in [0.1, 0.15) is 5.75 Å². The van der Waals surface area contributed by atoms with Crippen LogP contribution in [0.3, 0.4) is 0 Å². The van der Waals surface area contributed by atoms with Crippen LogP contribution in [0.2, 0.25) is 0 Å². The van der Waals surface area contributed by atoms with E-state index in [1.54, 1.807) is 48.4 Å². The van der Waals surface area contributed by atoms with Crippen LogP contribution in [0.4, 0.5) is 5.69 Å². The molecule has 2 aromatic rings. The lowest BCUT2D eigenvalue weighted by molar-refractivity contribution is -0.132. The van der Waals surface area contributed by atoms with Crippen molar-refractivity contribution < 1.29 is 19.1 Å². The first kappa shape index (κ1) is 20.5. The minimum absolute atomic E-state index is 0.0296. The van der Waals surface area contributed by atoms with Gasteiger partial charge in [-0.2, -0.15) is 0 Å². The van der Waals surface area contributed by atoms with Gasteiger partial charge in [-0.1, -0.05) is 18.2 Å². The standard InChI is InChI=1S/C21H26N2O4/c1-4-23(5-2)20(24)15-27-19-11-7-10-18(13-19)22-21(25)17-9-6-8-16(12-17)14-26-3/h6-13H,4-5,14-15H2,1-3H3,(H,22,25). The number of likely N-dealkylation sites (N-methyl/N-ethyl adjacent to an activating group) is 1. The summed E-state index contributed by atoms with van der Waals surface area (Å²) < 4.78 is 10.7. The zero-order chi connectivity index (χ0) is 19.6. The van der Waals surface area contributed by atoms with E-state index in [4.69, 9.17) is 9.47 Å². The molecule has 0 aliphatic heterocycles. The lowest BCUT2D eigenvalue weighted by Crippen LogP contribution is -2.34. The normalized spacial score (nSPS) is 10.3. The minimum atomic E-state index is -0.218. The molecule has 0 bridgehead atoms. The number of methoxy groups -OCH3 is 1. The van der Waals surface area contributed by atoms with Crippen molar-refractivity contribution >= 4 is 17.5 Å². The van der Waals surface area contributed by atoms with E-state index in [0.29, 0.717) is 36.7 Å². The van der Waals surface area contributed by atoms with E-state index in [1.807, 2.05) is 26.0 Å². The largest absolute Gasteiger partial charge is 0.484 e. The number of ether oxygens (including phenoxy) is 2. The molecular weight excluding hydrogens is 344 g/mol. The van der Waals surface area contributed by atoms with Crippen LogP contribution in [0.25, 0.3) is 0 Å². The molecule has 27 heavy (non-hydrogen) atoms. The van der Waals surface area contributed by atoms with Crippen LogP contribution < -0.4 is 10.1 Å². The number of hydrogen-bond acceptors (Lipinski definition) is 4. The van der Waals surface area contributed by atoms with Crippen LogP contribution >= 0.6 is 0 Å². The molecule has 0 atom stereocenters. The summed E-state index contributed by atoms with van der Waals surface area (Å²) in [5.41, 5.74) is 2.08. The molecule has 0 fully saturated rings. The summed E-state index contributed by atoms with van der Waals surface area (Å²) in [6.07, 6.45) is 0. The highest BCUT2D eigenvalue weighted by molar-refractivity contribution is 6.04. The highest BCUT2D eigenvalue weighted by Crippen LogP contribution is 2.18. The van der Waals surface area contributed by atoms with Crippen molar-refractivity contribution in [1.29, 1.82) is 0 Å². The van der Waals surface area contributed by atoms with Gasteiger partial charge in [0.25, 0.3) is 11.8 Å². The number of carbonyl (C=O) groups is 2. The van der Waals surface area contributed by atoms with E-state index in [1.165, 1.54) is 0 Å². The first-order valence-corrected chi connectivity index (χ1v) is 8.97. The van der Waals surface area contributed by atoms with Crippen molar-refractivity contribution in [1.82, 2.24) is 4.90 Å². The second kappa shape index (κ2) is 10.3. The highest BCUT2D eigenvalue weighted by atomic mass is 16.5. The molecular formula is C21H26N2O4. The SMILES string of the molecule is CCN(CC)C(=O)COc1cccc(NC(=O)c2cccc(COC)c2)c1. The second-order valence-corrected chi connectivity index (χ2v) is 5.97. The molecule has 0 heterocycles. The second-order valence-electron chi connectivity index (χ2n) is 5.97. The molecule has 144 valence electrons. The summed E-state index contributed by atoms with van der Waals surface area (Å²) in [4.78, 5) is 26.2. The number of anilines is 1. The third-order valence-electron chi connectivity index (χ3n) is 4.07. The maximum atomic E-state index is 12.5. The summed E-state index contributed by atoms with van der Waals surface area (Å²) in [5.74, 6) is 0.246. The van der Waals surface area contributed by atoms with Crippen LogP contribution in [0, 0.1) is 0 Å². The van der Waals surface area contributed by atoms with Gasteiger partial charge in [0.2, 0.25) is 0 Å². The number of nitrogens with zero attached hydrogens (tertiary/aromatic N) is 1. The highest BCUT2D eigenvalue weighted by Gasteiger charge is 2.11. The van der Waals surface area contributed by atoms with Gasteiger partial charge >= 0.3 is 0 Å². The lowest BCUT2D eigenvalue weighted by Gasteiger charge is -2.18. The molecule has 0 unspecified atom stereocenters. The Morgan fingerprint density at radius 1 is 1.04 bits per heavy atom. The maximum Gasteiger partial charge on any atom is 0.260 e. The first-order chi connectivity index (χ1) is 13.1. The molecule has 0 aliphatic rings. The molecule has 6 nitrogen and oxygen atoms in total. The molecule has 6 heteroatoms. The fourth-order valence-electron chi connectivity index (χ4n) is 2.65. The maximum absolute atomic E-state index is 12.5. The minimum Gasteiger partial charge on any atom is -0.484 e. The van der Waals surface area contributed by atoms with Crippen LogP contribution in [-0.4, -0.2) is 43.5 Å². The van der Waals surface area contributed by atoms with Crippen molar-refractivity contribution in [3.8, 4) is 5.75 Å². The molecule has 0 saturated heterocycles. The Hall–Kier alpha value is -2.86. The van der Waals surface area contributed by atoms with Gasteiger partial charge in [-0.25, -0.2) is 0 Å². The Morgan fingerprint density at radius 3 is 2.48 bits per heavy atom. The van der Waals surface area contributed by atoms with E-state index in [2.05, 4.69) is 5.32 Å². The number of hydrogen-bond donors (Lipinski definition) is 1. The zero-order valence-corrected chi connectivity index (χ0v) is 16.0. The van der Waals surface area contributed by atoms with Crippen LogP contribution in [-0.2, 0) is 16.1 Å². The number of benzene rings is 2. The number of amides is 2. The lowest BCUT2D eigenvalue weighted by atomic mass is 10.1. The number of carbonyl (C=O) groups excluding carboxylic acids is 2. The summed E-state index contributed by atoms with van der Waals surface area (Å²) in [6, 6.07) is 14.3. The Labute approximate surface area is 160 Å². The van der Waals surface area contributed by atoms with Gasteiger partial charge in [-0.05, 0) is 43.7 Å². The van der Waals surface area contributed by atoms with Crippen molar-refractivity contribution in [2.45, 2.75) is 20.5 Å². The predicted octanol–water partition coefficient (Wildman–Crippen LogP) is 3.33. The average Bonchev–Trinajstić information content (AvgIpc) is 2.68. The smallest absolute Gasteiger partial charge is 0.260 e. The molecule has 0 aliphatic carbocycles. The zero-order valence-electron chi connectivity index (χ0n) is 16.0. The van der Waals surface area contributed by atoms with Crippen molar-refractivity contribution in [2.24, 2.45) is 0 Å². The average molecular weight is 370 g/mol.